The second-order valence-corrected chi connectivity index (χ2v) is 6.66. The zero-order valence-corrected chi connectivity index (χ0v) is 13.6. The van der Waals surface area contributed by atoms with Crippen LogP contribution < -0.4 is 4.90 Å². The number of benzene rings is 1. The molecule has 1 aliphatic rings. The summed E-state index contributed by atoms with van der Waals surface area (Å²) in [6.45, 7) is 5.29. The summed E-state index contributed by atoms with van der Waals surface area (Å²) < 4.78 is 0. The van der Waals surface area contributed by atoms with Crippen LogP contribution in [0.3, 0.4) is 0 Å². The van der Waals surface area contributed by atoms with Crippen LogP contribution in [0.5, 0.6) is 0 Å². The van der Waals surface area contributed by atoms with Gasteiger partial charge in [0, 0.05) is 12.6 Å². The van der Waals surface area contributed by atoms with E-state index < -0.39 is 5.97 Å². The van der Waals surface area contributed by atoms with Crippen LogP contribution in [-0.4, -0.2) is 23.7 Å². The highest BCUT2D eigenvalue weighted by atomic mass is 35.5. The van der Waals surface area contributed by atoms with E-state index in [9.17, 15) is 9.90 Å². The molecule has 0 radical (unpaired) electrons. The normalized spacial score (nSPS) is 15.6. The lowest BCUT2D eigenvalue weighted by atomic mass is 10.1. The van der Waals surface area contributed by atoms with Crippen molar-refractivity contribution in [2.75, 3.05) is 11.4 Å². The molecule has 3 nitrogen and oxygen atoms in total. The number of carbonyl (C=O) groups is 1. The SMILES string of the molecule is CC(C)CCN(c1cccc(Cl)c1C(=O)O)C1CCCC1. The van der Waals surface area contributed by atoms with Gasteiger partial charge in [-0.2, -0.15) is 0 Å². The van der Waals surface area contributed by atoms with Crippen molar-refractivity contribution in [3.8, 4) is 0 Å². The van der Waals surface area contributed by atoms with Gasteiger partial charge in [0.1, 0.15) is 5.56 Å². The molecular formula is C17H24ClNO2. The van der Waals surface area contributed by atoms with E-state index in [-0.39, 0.29) is 5.56 Å². The molecule has 1 N–H and O–H groups in total. The van der Waals surface area contributed by atoms with Crippen LogP contribution in [0.1, 0.15) is 56.3 Å². The second kappa shape index (κ2) is 7.17. The lowest BCUT2D eigenvalue weighted by Crippen LogP contribution is -2.36. The number of carboxylic acids is 1. The standard InChI is InChI=1S/C17H24ClNO2/c1-12(2)10-11-19(13-6-3-4-7-13)15-9-5-8-14(18)16(15)17(20)21/h5,8-9,12-13H,3-4,6-7,10-11H2,1-2H3,(H,20,21). The van der Waals surface area contributed by atoms with Gasteiger partial charge >= 0.3 is 5.97 Å². The molecule has 1 aliphatic carbocycles. The van der Waals surface area contributed by atoms with Crippen molar-refractivity contribution in [2.24, 2.45) is 5.92 Å². The summed E-state index contributed by atoms with van der Waals surface area (Å²) in [5.41, 5.74) is 1.03. The van der Waals surface area contributed by atoms with Crippen LogP contribution in [0.25, 0.3) is 0 Å². The van der Waals surface area contributed by atoms with Crippen molar-refractivity contribution in [1.82, 2.24) is 0 Å². The van der Waals surface area contributed by atoms with Gasteiger partial charge in [-0.1, -0.05) is 44.4 Å². The van der Waals surface area contributed by atoms with Gasteiger partial charge in [0.2, 0.25) is 0 Å². The van der Waals surface area contributed by atoms with Crippen molar-refractivity contribution >= 4 is 23.3 Å². The molecule has 116 valence electrons. The highest BCUT2D eigenvalue weighted by Crippen LogP contribution is 2.34. The van der Waals surface area contributed by atoms with Gasteiger partial charge in [-0.25, -0.2) is 4.79 Å². The minimum Gasteiger partial charge on any atom is -0.478 e. The van der Waals surface area contributed by atoms with Crippen molar-refractivity contribution in [3.05, 3.63) is 28.8 Å². The fraction of sp³-hybridized carbons (Fsp3) is 0.588. The van der Waals surface area contributed by atoms with Crippen LogP contribution in [0.2, 0.25) is 5.02 Å². The molecule has 4 heteroatoms. The van der Waals surface area contributed by atoms with Gasteiger partial charge in [-0.05, 0) is 37.3 Å². The third kappa shape index (κ3) is 3.91. The Labute approximate surface area is 131 Å². The average Bonchev–Trinajstić information content (AvgIpc) is 2.92. The number of hydrogen-bond donors (Lipinski definition) is 1. The van der Waals surface area contributed by atoms with Crippen molar-refractivity contribution < 1.29 is 9.90 Å². The first-order chi connectivity index (χ1) is 10.0. The van der Waals surface area contributed by atoms with E-state index in [2.05, 4.69) is 18.7 Å². The minimum atomic E-state index is -0.942. The minimum absolute atomic E-state index is 0.245. The number of hydrogen-bond acceptors (Lipinski definition) is 2. The Hall–Kier alpha value is -1.22. The zero-order valence-electron chi connectivity index (χ0n) is 12.8. The lowest BCUT2D eigenvalue weighted by Gasteiger charge is -2.33. The first-order valence-electron chi connectivity index (χ1n) is 7.79. The quantitative estimate of drug-likeness (QED) is 0.818. The molecular weight excluding hydrogens is 286 g/mol. The smallest absolute Gasteiger partial charge is 0.339 e. The van der Waals surface area contributed by atoms with Crippen LogP contribution in [0, 0.1) is 5.92 Å². The van der Waals surface area contributed by atoms with E-state index in [1.807, 2.05) is 12.1 Å². The van der Waals surface area contributed by atoms with Gasteiger partial charge in [0.25, 0.3) is 0 Å². The summed E-state index contributed by atoms with van der Waals surface area (Å²) in [7, 11) is 0. The predicted molar refractivity (Wildman–Crippen MR) is 87.5 cm³/mol. The molecule has 0 spiro atoms. The van der Waals surface area contributed by atoms with Crippen LogP contribution in [-0.2, 0) is 0 Å². The Kier molecular flexibility index (Phi) is 5.51. The maximum absolute atomic E-state index is 11.6. The van der Waals surface area contributed by atoms with E-state index in [1.54, 1.807) is 6.07 Å². The largest absolute Gasteiger partial charge is 0.478 e. The summed E-state index contributed by atoms with van der Waals surface area (Å²) in [4.78, 5) is 13.9. The number of aromatic carboxylic acids is 1. The highest BCUT2D eigenvalue weighted by Gasteiger charge is 2.27. The van der Waals surface area contributed by atoms with E-state index in [0.717, 1.165) is 31.5 Å². The van der Waals surface area contributed by atoms with Crippen molar-refractivity contribution in [2.45, 2.75) is 52.0 Å². The number of halogens is 1. The van der Waals surface area contributed by atoms with Crippen LogP contribution in [0.4, 0.5) is 5.69 Å². The molecule has 1 aromatic carbocycles. The number of nitrogens with zero attached hydrogens (tertiary/aromatic N) is 1. The topological polar surface area (TPSA) is 40.5 Å². The number of anilines is 1. The van der Waals surface area contributed by atoms with Crippen molar-refractivity contribution in [1.29, 1.82) is 0 Å². The molecule has 0 aliphatic heterocycles. The van der Waals surface area contributed by atoms with E-state index >= 15 is 0 Å². The summed E-state index contributed by atoms with van der Waals surface area (Å²) in [5, 5.41) is 9.83. The third-order valence-corrected chi connectivity index (χ3v) is 4.54. The molecule has 0 bridgehead atoms. The van der Waals surface area contributed by atoms with Gasteiger partial charge in [0.15, 0.2) is 0 Å². The summed E-state index contributed by atoms with van der Waals surface area (Å²) in [5.74, 6) is -0.343. The molecule has 1 saturated carbocycles. The third-order valence-electron chi connectivity index (χ3n) is 4.23. The summed E-state index contributed by atoms with van der Waals surface area (Å²) in [6, 6.07) is 5.85. The Bertz CT molecular complexity index is 496. The fourth-order valence-corrected chi connectivity index (χ4v) is 3.33. The molecule has 0 heterocycles. The van der Waals surface area contributed by atoms with E-state index in [0.29, 0.717) is 17.0 Å². The van der Waals surface area contributed by atoms with E-state index in [4.69, 9.17) is 11.6 Å². The van der Waals surface area contributed by atoms with Crippen LogP contribution >= 0.6 is 11.6 Å². The Morgan fingerprint density at radius 2 is 2.05 bits per heavy atom. The predicted octanol–water partition coefficient (Wildman–Crippen LogP) is 4.83. The summed E-state index contributed by atoms with van der Waals surface area (Å²) in [6.07, 6.45) is 5.80. The van der Waals surface area contributed by atoms with Gasteiger partial charge in [-0.3, -0.25) is 0 Å². The first kappa shape index (κ1) is 16.2. The second-order valence-electron chi connectivity index (χ2n) is 6.25. The molecule has 1 aromatic rings. The molecule has 0 unspecified atom stereocenters. The average molecular weight is 310 g/mol. The Morgan fingerprint density at radius 1 is 1.38 bits per heavy atom. The lowest BCUT2D eigenvalue weighted by molar-refractivity contribution is 0.0697. The maximum Gasteiger partial charge on any atom is 0.339 e. The molecule has 0 amide bonds. The van der Waals surface area contributed by atoms with E-state index in [1.165, 1.54) is 12.8 Å². The number of carboxylic acid groups (broad SMARTS) is 1. The molecule has 0 aromatic heterocycles. The fourth-order valence-electron chi connectivity index (χ4n) is 3.08. The zero-order chi connectivity index (χ0) is 15.4. The molecule has 0 atom stereocenters. The van der Waals surface area contributed by atoms with Crippen LogP contribution in [0.15, 0.2) is 18.2 Å². The molecule has 0 saturated heterocycles. The van der Waals surface area contributed by atoms with Gasteiger partial charge in [-0.15, -0.1) is 0 Å². The Balaban J connectivity index is 2.35. The van der Waals surface area contributed by atoms with Crippen molar-refractivity contribution in [3.63, 3.8) is 0 Å². The monoisotopic (exact) mass is 309 g/mol. The number of rotatable bonds is 6. The maximum atomic E-state index is 11.6. The molecule has 1 fully saturated rings. The molecule has 2 rings (SSSR count). The van der Waals surface area contributed by atoms with Gasteiger partial charge in [0.05, 0.1) is 10.7 Å². The molecule has 21 heavy (non-hydrogen) atoms. The highest BCUT2D eigenvalue weighted by molar-refractivity contribution is 6.34. The van der Waals surface area contributed by atoms with Gasteiger partial charge < -0.3 is 10.0 Å². The first-order valence-corrected chi connectivity index (χ1v) is 8.17. The summed E-state index contributed by atoms with van der Waals surface area (Å²) >= 11 is 6.13. The Morgan fingerprint density at radius 3 is 2.62 bits per heavy atom.